The third-order valence-electron chi connectivity index (χ3n) is 5.06. The highest BCUT2D eigenvalue weighted by atomic mass is 14.2. The molecule has 2 aromatic carbocycles. The van der Waals surface area contributed by atoms with Crippen molar-refractivity contribution < 1.29 is 0 Å². The molecule has 0 spiro atoms. The van der Waals surface area contributed by atoms with E-state index in [2.05, 4.69) is 76.3 Å². The number of hydrogen-bond acceptors (Lipinski definition) is 0. The van der Waals surface area contributed by atoms with Crippen molar-refractivity contribution in [1.82, 2.24) is 0 Å². The summed E-state index contributed by atoms with van der Waals surface area (Å²) in [5, 5.41) is 2.80. The van der Waals surface area contributed by atoms with Gasteiger partial charge in [0.1, 0.15) is 0 Å². The number of hydrogen-bond donors (Lipinski definition) is 0. The van der Waals surface area contributed by atoms with E-state index in [0.717, 1.165) is 6.42 Å². The fraction of sp³-hybridized carbons (Fsp3) is 0.217. The molecule has 2 aliphatic carbocycles. The first-order valence-electron chi connectivity index (χ1n) is 8.36. The molecule has 114 valence electrons. The van der Waals surface area contributed by atoms with Crippen LogP contribution in [0.5, 0.6) is 0 Å². The van der Waals surface area contributed by atoms with Crippen LogP contribution in [-0.2, 0) is 0 Å². The van der Waals surface area contributed by atoms with Gasteiger partial charge < -0.3 is 0 Å². The van der Waals surface area contributed by atoms with Crippen LogP contribution in [0.4, 0.5) is 0 Å². The molecule has 4 rings (SSSR count). The number of rotatable bonds is 1. The van der Waals surface area contributed by atoms with Gasteiger partial charge in [-0.1, -0.05) is 47.6 Å². The van der Waals surface area contributed by atoms with Crippen LogP contribution >= 0.6 is 0 Å². The van der Waals surface area contributed by atoms with Gasteiger partial charge in [-0.15, -0.1) is 0 Å². The Morgan fingerprint density at radius 3 is 2.52 bits per heavy atom. The van der Waals surface area contributed by atoms with Crippen molar-refractivity contribution in [3.05, 3.63) is 75.2 Å². The lowest BCUT2D eigenvalue weighted by molar-refractivity contribution is 1.29. The quantitative estimate of drug-likeness (QED) is 0.613. The largest absolute Gasteiger partial charge is 0.0801 e. The standard InChI is InChI=1S/C23H22/c1-14(2)20-13-21-19-10-9-15(3)11-18(19)12-22(21)23(16(20)4)17-7-5-6-8-17/h5-7,9-13H,8H2,1-4H3. The Balaban J connectivity index is 2.14. The summed E-state index contributed by atoms with van der Waals surface area (Å²) in [6.45, 7) is 8.88. The van der Waals surface area contributed by atoms with Crippen LogP contribution in [0.25, 0.3) is 28.3 Å². The first-order valence-corrected chi connectivity index (χ1v) is 8.36. The van der Waals surface area contributed by atoms with E-state index in [9.17, 15) is 0 Å². The lowest BCUT2D eigenvalue weighted by atomic mass is 9.91. The van der Waals surface area contributed by atoms with Gasteiger partial charge >= 0.3 is 0 Å². The molecule has 23 heavy (non-hydrogen) atoms. The molecule has 0 saturated heterocycles. The van der Waals surface area contributed by atoms with E-state index in [1.807, 2.05) is 0 Å². The summed E-state index contributed by atoms with van der Waals surface area (Å²) in [4.78, 5) is 0. The van der Waals surface area contributed by atoms with E-state index < -0.39 is 0 Å². The summed E-state index contributed by atoms with van der Waals surface area (Å²) < 4.78 is 0. The SMILES string of the molecule is CC(C)=c1cc2c(c(C3=CC=CC3)c1C)=Cc1cc(C)ccc1-2. The third-order valence-corrected chi connectivity index (χ3v) is 5.06. The molecule has 0 fully saturated rings. The van der Waals surface area contributed by atoms with Gasteiger partial charge in [-0.25, -0.2) is 0 Å². The molecule has 0 aromatic heterocycles. The Labute approximate surface area is 138 Å². The maximum absolute atomic E-state index is 2.39. The zero-order valence-electron chi connectivity index (χ0n) is 14.3. The minimum Gasteiger partial charge on any atom is -0.0801 e. The van der Waals surface area contributed by atoms with Crippen molar-refractivity contribution in [1.29, 1.82) is 0 Å². The molecule has 0 unspecified atom stereocenters. The monoisotopic (exact) mass is 298 g/mol. The second kappa shape index (κ2) is 5.09. The number of fused-ring (bicyclic) bond motifs is 3. The molecular weight excluding hydrogens is 276 g/mol. The Kier molecular flexibility index (Phi) is 3.16. The Morgan fingerprint density at radius 1 is 1.00 bits per heavy atom. The molecule has 0 N–H and O–H groups in total. The lowest BCUT2D eigenvalue weighted by Gasteiger charge is -2.13. The highest BCUT2D eigenvalue weighted by Gasteiger charge is 2.19. The molecular formula is C23H22. The van der Waals surface area contributed by atoms with E-state index in [1.165, 1.54) is 55.0 Å². The van der Waals surface area contributed by atoms with Gasteiger partial charge in [-0.3, -0.25) is 0 Å². The molecule has 2 aliphatic rings. The Hall–Kier alpha value is -2.34. The van der Waals surface area contributed by atoms with Crippen molar-refractivity contribution in [3.63, 3.8) is 0 Å². The molecule has 0 aliphatic heterocycles. The number of benzene rings is 2. The van der Waals surface area contributed by atoms with Crippen molar-refractivity contribution >= 4 is 17.2 Å². The van der Waals surface area contributed by atoms with E-state index in [0.29, 0.717) is 0 Å². The van der Waals surface area contributed by atoms with Crippen LogP contribution in [0.15, 0.2) is 42.5 Å². The second-order valence-corrected chi connectivity index (χ2v) is 6.94. The summed E-state index contributed by atoms with van der Waals surface area (Å²) in [6, 6.07) is 9.20. The highest BCUT2D eigenvalue weighted by Crippen LogP contribution is 2.31. The van der Waals surface area contributed by atoms with Crippen LogP contribution in [0.2, 0.25) is 0 Å². The van der Waals surface area contributed by atoms with Crippen LogP contribution in [0.1, 0.15) is 42.5 Å². The van der Waals surface area contributed by atoms with Gasteiger partial charge in [0.05, 0.1) is 0 Å². The normalized spacial score (nSPS) is 14.3. The number of aryl methyl sites for hydroxylation is 1. The summed E-state index contributed by atoms with van der Waals surface area (Å²) in [7, 11) is 0. The zero-order chi connectivity index (χ0) is 16.1. The average molecular weight is 298 g/mol. The Bertz CT molecular complexity index is 1010. The first-order chi connectivity index (χ1) is 11.1. The minimum atomic E-state index is 1.04. The Morgan fingerprint density at radius 2 is 1.83 bits per heavy atom. The summed E-state index contributed by atoms with van der Waals surface area (Å²) >= 11 is 0. The predicted molar refractivity (Wildman–Crippen MR) is 101 cm³/mol. The summed E-state index contributed by atoms with van der Waals surface area (Å²) in [5.74, 6) is 0. The van der Waals surface area contributed by atoms with E-state index >= 15 is 0 Å². The zero-order valence-corrected chi connectivity index (χ0v) is 14.3. The summed E-state index contributed by atoms with van der Waals surface area (Å²) in [6.07, 6.45) is 10.1. The predicted octanol–water partition coefficient (Wildman–Crippen LogP) is 4.65. The maximum Gasteiger partial charge on any atom is -0.00881 e. The average Bonchev–Trinajstić information content (AvgIpc) is 3.13. The molecule has 0 nitrogen and oxygen atoms in total. The molecule has 0 saturated carbocycles. The molecule has 0 bridgehead atoms. The van der Waals surface area contributed by atoms with Gasteiger partial charge in [-0.05, 0) is 90.1 Å². The van der Waals surface area contributed by atoms with Gasteiger partial charge in [0.15, 0.2) is 0 Å². The van der Waals surface area contributed by atoms with Crippen LogP contribution < -0.4 is 10.4 Å². The fourth-order valence-electron chi connectivity index (χ4n) is 3.94. The first kappa shape index (κ1) is 14.3. The van der Waals surface area contributed by atoms with Crippen molar-refractivity contribution in [2.24, 2.45) is 0 Å². The van der Waals surface area contributed by atoms with E-state index in [4.69, 9.17) is 0 Å². The van der Waals surface area contributed by atoms with Crippen LogP contribution in [-0.4, -0.2) is 0 Å². The van der Waals surface area contributed by atoms with Crippen molar-refractivity contribution in [3.8, 4) is 11.1 Å². The van der Waals surface area contributed by atoms with Gasteiger partial charge in [0, 0.05) is 0 Å². The van der Waals surface area contributed by atoms with Crippen LogP contribution in [0.3, 0.4) is 0 Å². The van der Waals surface area contributed by atoms with Crippen molar-refractivity contribution in [2.45, 2.75) is 34.1 Å². The second-order valence-electron chi connectivity index (χ2n) is 6.94. The molecule has 0 heterocycles. The molecule has 0 amide bonds. The number of allylic oxidation sites excluding steroid dienone is 4. The van der Waals surface area contributed by atoms with E-state index in [-0.39, 0.29) is 0 Å². The molecule has 0 radical (unpaired) electrons. The maximum atomic E-state index is 2.39. The third kappa shape index (κ3) is 2.13. The summed E-state index contributed by atoms with van der Waals surface area (Å²) in [5.41, 5.74) is 11.1. The highest BCUT2D eigenvalue weighted by molar-refractivity contribution is 5.88. The lowest BCUT2D eigenvalue weighted by Crippen LogP contribution is -2.21. The molecule has 0 atom stereocenters. The smallest absolute Gasteiger partial charge is 0.00881 e. The van der Waals surface area contributed by atoms with Gasteiger partial charge in [-0.2, -0.15) is 0 Å². The topological polar surface area (TPSA) is 0 Å². The fourth-order valence-corrected chi connectivity index (χ4v) is 3.94. The van der Waals surface area contributed by atoms with Crippen molar-refractivity contribution in [2.75, 3.05) is 0 Å². The van der Waals surface area contributed by atoms with Crippen LogP contribution in [0, 0.1) is 13.8 Å². The minimum absolute atomic E-state index is 1.04. The molecule has 0 heteroatoms. The van der Waals surface area contributed by atoms with Gasteiger partial charge in [0.2, 0.25) is 0 Å². The van der Waals surface area contributed by atoms with E-state index in [1.54, 1.807) is 0 Å². The van der Waals surface area contributed by atoms with Gasteiger partial charge in [0.25, 0.3) is 0 Å². The molecule has 2 aromatic rings.